The first kappa shape index (κ1) is 118. The maximum absolute atomic E-state index is 11.5. The summed E-state index contributed by atoms with van der Waals surface area (Å²) < 4.78 is 426. The van der Waals surface area contributed by atoms with Crippen molar-refractivity contribution in [1.29, 1.82) is 0 Å². The van der Waals surface area contributed by atoms with E-state index in [-0.39, 0.29) is 0 Å². The van der Waals surface area contributed by atoms with Gasteiger partial charge in [-0.3, -0.25) is 0 Å². The number of rotatable bonds is 12. The second kappa shape index (κ2) is 86.0. The maximum Gasteiger partial charge on any atom is 0.342 e. The van der Waals surface area contributed by atoms with Crippen LogP contribution in [0.1, 0.15) is 78.6 Å². The molecule has 0 saturated heterocycles. The van der Waals surface area contributed by atoms with E-state index in [2.05, 4.69) is 70.7 Å². The molecule has 0 radical (unpaired) electrons. The Morgan fingerprint density at radius 1 is 0.168 bits per heavy atom. The Morgan fingerprint density at radius 3 is 0.232 bits per heavy atom. The average molecular weight is 1500 g/mol. The summed E-state index contributed by atoms with van der Waals surface area (Å²) in [6, 6.07) is -21.2. The molecular formula is C48H63F35O12. The van der Waals surface area contributed by atoms with Crippen LogP contribution in [0.15, 0.2) is 145 Å². The van der Waals surface area contributed by atoms with Gasteiger partial charge in [0, 0.05) is 0 Å². The van der Waals surface area contributed by atoms with Gasteiger partial charge in [0.2, 0.25) is 0 Å². The Balaban J connectivity index is -0.0000000692. The van der Waals surface area contributed by atoms with Crippen molar-refractivity contribution >= 4 is 0 Å². The maximum atomic E-state index is 11.5. The molecule has 12 nitrogen and oxygen atoms in total. The molecule has 0 spiro atoms. The molecule has 47 heteroatoms. The Labute approximate surface area is 519 Å². The highest BCUT2D eigenvalue weighted by atomic mass is 19.3. The lowest BCUT2D eigenvalue weighted by Crippen LogP contribution is -1.85. The number of hydrogen-bond acceptors (Lipinski definition) is 12. The molecule has 0 N–H and O–H groups in total. The SMILES string of the molecule is C1CCC1.C1CCC1.CCC.CO/C(F)=C(/C)F.COC(F)=C(F)F.COC(F)=C(F)F.COC(F)=C(F)F.COC(F)=C(F)F.COC(F)=C(F)F.COC(F)=C(F)F.COC(F)=C(F)F.COC(F)=C(F)F.COC(F)=C(F)F.COC(F)=C(F)F.COC(F)=C(F)F. The Hall–Kier alpha value is -7.97. The van der Waals surface area contributed by atoms with Gasteiger partial charge in [-0.1, -0.05) is 71.6 Å². The highest BCUT2D eigenvalue weighted by molar-refractivity contribution is 4.86. The molecule has 2 aliphatic carbocycles. The molecule has 0 aromatic heterocycles. The third-order valence-corrected chi connectivity index (χ3v) is 6.06. The topological polar surface area (TPSA) is 111 Å². The summed E-state index contributed by atoms with van der Waals surface area (Å²) in [6.45, 7) is 5.23. The van der Waals surface area contributed by atoms with Crippen LogP contribution in [0.2, 0.25) is 0 Å². The summed E-state index contributed by atoms with van der Waals surface area (Å²) in [5.41, 5.74) is 0. The number of ether oxygens (including phenoxy) is 12. The lowest BCUT2D eigenvalue weighted by atomic mass is 10.0. The molecule has 0 unspecified atom stereocenters. The fraction of sp³-hybridized carbons (Fsp3) is 0.500. The van der Waals surface area contributed by atoms with E-state index in [0.29, 0.717) is 0 Å². The van der Waals surface area contributed by atoms with E-state index < -0.39 is 145 Å². The smallest absolute Gasteiger partial charge is 0.342 e. The van der Waals surface area contributed by atoms with Crippen LogP contribution in [0.25, 0.3) is 0 Å². The fourth-order valence-electron chi connectivity index (χ4n) is 1.49. The summed E-state index contributed by atoms with van der Waals surface area (Å²) in [7, 11) is 10.2. The van der Waals surface area contributed by atoms with Crippen molar-refractivity contribution in [3.63, 3.8) is 0 Å². The van der Waals surface area contributed by atoms with Crippen molar-refractivity contribution in [3.8, 4) is 0 Å². The molecule has 0 aromatic rings. The number of methoxy groups -OCH3 is 12. The molecule has 0 heterocycles. The predicted molar refractivity (Wildman–Crippen MR) is 266 cm³/mol. The van der Waals surface area contributed by atoms with Crippen LogP contribution >= 0.6 is 0 Å². The quantitative estimate of drug-likeness (QED) is 0.137. The highest BCUT2D eigenvalue weighted by Gasteiger charge is 2.07. The summed E-state index contributed by atoms with van der Waals surface area (Å²) in [5.74, 6) is -0.928. The van der Waals surface area contributed by atoms with E-state index in [4.69, 9.17) is 0 Å². The standard InChI is InChI=1S/C4H6F2O.2C4H8.11C3H3F3O.C3H8/c1-3(5)4(6)7-2;2*1-2-4-3-1;11*1-7-3(6)2(4)5;1-3-2/h1-2H3;2*1-4H2;11*1H3;3H2,1-2H3/b4-3-;;;;;;;;;;;;;;. The molecule has 572 valence electrons. The Kier molecular flexibility index (Phi) is 106. The van der Waals surface area contributed by atoms with Gasteiger partial charge in [-0.15, -0.1) is 0 Å². The van der Waals surface area contributed by atoms with Crippen molar-refractivity contribution in [3.05, 3.63) is 145 Å². The summed E-state index contributed by atoms with van der Waals surface area (Å²) >= 11 is 0. The van der Waals surface area contributed by atoms with Crippen molar-refractivity contribution in [2.24, 2.45) is 0 Å². The van der Waals surface area contributed by atoms with Crippen LogP contribution in [0.3, 0.4) is 0 Å². The number of hydrogen-bond donors (Lipinski definition) is 0. The molecule has 95 heavy (non-hydrogen) atoms. The lowest BCUT2D eigenvalue weighted by Gasteiger charge is -2.05. The van der Waals surface area contributed by atoms with Gasteiger partial charge in [-0.2, -0.15) is 149 Å². The fourth-order valence-corrected chi connectivity index (χ4v) is 1.49. The first-order chi connectivity index (χ1) is 43.6. The number of halogens is 35. The molecule has 2 saturated carbocycles. The zero-order valence-electron chi connectivity index (χ0n) is 51.5. The van der Waals surface area contributed by atoms with E-state index in [1.54, 1.807) is 0 Å². The normalized spacial score (nSPS) is 9.66. The largest absolute Gasteiger partial charge is 0.472 e. The van der Waals surface area contributed by atoms with E-state index in [1.165, 1.54) is 57.8 Å². The summed E-state index contributed by atoms with van der Waals surface area (Å²) in [6.07, 6.45) is -13.5. The molecule has 2 rings (SSSR count). The minimum atomic E-state index is -2.43. The molecule has 0 atom stereocenters. The molecular weight excluding hydrogens is 1430 g/mol. The molecule has 0 amide bonds. The van der Waals surface area contributed by atoms with Crippen LogP contribution < -0.4 is 0 Å². The van der Waals surface area contributed by atoms with Crippen LogP contribution in [0, 0.1) is 0 Å². The summed E-state index contributed by atoms with van der Waals surface area (Å²) in [4.78, 5) is 0. The molecule has 0 aliphatic heterocycles. The van der Waals surface area contributed by atoms with Gasteiger partial charge in [0.25, 0.3) is 0 Å². The van der Waals surface area contributed by atoms with E-state index >= 15 is 0 Å². The van der Waals surface area contributed by atoms with Crippen molar-refractivity contribution in [2.45, 2.75) is 78.6 Å². The van der Waals surface area contributed by atoms with Crippen molar-refractivity contribution in [2.75, 3.05) is 85.3 Å². The second-order valence-electron chi connectivity index (χ2n) is 12.7. The zero-order valence-corrected chi connectivity index (χ0v) is 51.5. The van der Waals surface area contributed by atoms with E-state index in [1.807, 2.05) is 0 Å². The minimum Gasteiger partial charge on any atom is -0.472 e. The van der Waals surface area contributed by atoms with E-state index in [9.17, 15) is 154 Å². The van der Waals surface area contributed by atoms with Gasteiger partial charge in [-0.05, 0) is 6.92 Å². The first-order valence-electron chi connectivity index (χ1n) is 22.9. The van der Waals surface area contributed by atoms with Gasteiger partial charge in [0.15, 0.2) is 5.83 Å². The Morgan fingerprint density at radius 2 is 0.232 bits per heavy atom. The third-order valence-electron chi connectivity index (χ3n) is 6.06. The minimum absolute atomic E-state index is 0.828. The molecule has 0 aromatic carbocycles. The van der Waals surface area contributed by atoms with Crippen molar-refractivity contribution in [1.82, 2.24) is 0 Å². The van der Waals surface area contributed by atoms with Gasteiger partial charge >= 0.3 is 139 Å². The molecule has 0 bridgehead atoms. The third kappa shape index (κ3) is 117. The van der Waals surface area contributed by atoms with Crippen LogP contribution in [0.5, 0.6) is 0 Å². The van der Waals surface area contributed by atoms with Crippen LogP contribution in [-0.2, 0) is 56.8 Å². The van der Waals surface area contributed by atoms with Gasteiger partial charge in [-0.25, -0.2) is 4.39 Å². The predicted octanol–water partition coefficient (Wildman–Crippen LogP) is 24.6. The Bertz CT molecular complexity index is 1670. The second-order valence-corrected chi connectivity index (χ2v) is 12.7. The summed E-state index contributed by atoms with van der Waals surface area (Å²) in [5, 5.41) is 0. The van der Waals surface area contributed by atoms with Crippen molar-refractivity contribution < 1.29 is 211 Å². The molecule has 2 fully saturated rings. The highest BCUT2D eigenvalue weighted by Crippen LogP contribution is 2.17. The van der Waals surface area contributed by atoms with Gasteiger partial charge in [0.1, 0.15) is 0 Å². The zero-order chi connectivity index (χ0) is 78.7. The van der Waals surface area contributed by atoms with Crippen LogP contribution in [0.4, 0.5) is 154 Å². The monoisotopic (exact) mass is 1500 g/mol. The lowest BCUT2D eigenvalue weighted by molar-refractivity contribution is 0.166. The number of allylic oxidation sites excluding steroid dienone is 1. The first-order valence-corrected chi connectivity index (χ1v) is 22.9. The average Bonchev–Trinajstić information content (AvgIpc) is 3.50. The van der Waals surface area contributed by atoms with Crippen LogP contribution in [-0.4, -0.2) is 85.3 Å². The molecule has 2 aliphatic rings. The van der Waals surface area contributed by atoms with E-state index in [0.717, 1.165) is 92.2 Å². The van der Waals surface area contributed by atoms with Gasteiger partial charge in [0.05, 0.1) is 85.3 Å². The van der Waals surface area contributed by atoms with Gasteiger partial charge < -0.3 is 56.8 Å².